The van der Waals surface area contributed by atoms with Crippen LogP contribution in [-0.2, 0) is 27.8 Å². The van der Waals surface area contributed by atoms with E-state index in [-0.39, 0.29) is 16.6 Å². The van der Waals surface area contributed by atoms with Gasteiger partial charge in [0.15, 0.2) is 11.0 Å². The Morgan fingerprint density at radius 2 is 1.65 bits per heavy atom. The number of carbonyl (C=O) groups is 1. The summed E-state index contributed by atoms with van der Waals surface area (Å²) in [6.45, 7) is 4.69. The highest BCUT2D eigenvalue weighted by Gasteiger charge is 2.24. The maximum atomic E-state index is 13.5. The second kappa shape index (κ2) is 12.1. The highest BCUT2D eigenvalue weighted by atomic mass is 32.2. The van der Waals surface area contributed by atoms with Crippen molar-refractivity contribution in [2.45, 2.75) is 49.7 Å². The summed E-state index contributed by atoms with van der Waals surface area (Å²) in [5.41, 5.74) is 3.23. The Kier molecular flexibility index (Phi) is 8.37. The van der Waals surface area contributed by atoms with Crippen LogP contribution in [0.2, 0.25) is 0 Å². The lowest BCUT2D eigenvalue weighted by Crippen LogP contribution is -2.14. The molecule has 0 unspecified atom stereocenters. The van der Waals surface area contributed by atoms with Crippen molar-refractivity contribution < 1.29 is 13.2 Å². The summed E-state index contributed by atoms with van der Waals surface area (Å²) >= 11 is 1.30. The van der Waals surface area contributed by atoms with E-state index >= 15 is 0 Å². The molecule has 0 aliphatic heterocycles. The van der Waals surface area contributed by atoms with Gasteiger partial charge in [0.2, 0.25) is 5.91 Å². The largest absolute Gasteiger partial charge is 0.325 e. The summed E-state index contributed by atoms with van der Waals surface area (Å²) in [7, 11) is -3.82. The van der Waals surface area contributed by atoms with Gasteiger partial charge in [-0.25, -0.2) is 12.4 Å². The second-order valence-electron chi connectivity index (χ2n) is 9.36. The number of benzene rings is 3. The standard InChI is InChI=1S/C30H31N5O3S2/c1-3-5-11-22-16-18-23(19-17-22)31-28(36)21-39-30-33-32-29(34(30)4-2)26-20-35(27-15-10-9-14-25(26)27)40(37,38)24-12-7-6-8-13-24/h6-10,12-20H,3-5,11,21H2,1-2H3,(H,31,36). The van der Waals surface area contributed by atoms with Gasteiger partial charge in [0, 0.05) is 29.4 Å². The van der Waals surface area contributed by atoms with Gasteiger partial charge in [-0.1, -0.05) is 73.6 Å². The maximum absolute atomic E-state index is 13.5. The van der Waals surface area contributed by atoms with Crippen molar-refractivity contribution in [1.29, 1.82) is 0 Å². The number of nitrogens with zero attached hydrogens (tertiary/aromatic N) is 4. The molecule has 2 aromatic heterocycles. The summed E-state index contributed by atoms with van der Waals surface area (Å²) in [5, 5.41) is 13.1. The predicted octanol–water partition coefficient (Wildman–Crippen LogP) is 6.23. The lowest BCUT2D eigenvalue weighted by Gasteiger charge is -2.08. The third-order valence-corrected chi connectivity index (χ3v) is 9.30. The number of hydrogen-bond acceptors (Lipinski definition) is 6. The number of amides is 1. The van der Waals surface area contributed by atoms with Crippen LogP contribution in [0, 0.1) is 0 Å². The summed E-state index contributed by atoms with van der Waals surface area (Å²) in [4.78, 5) is 12.9. The predicted molar refractivity (Wildman–Crippen MR) is 160 cm³/mol. The summed E-state index contributed by atoms with van der Waals surface area (Å²) < 4.78 is 30.2. The number of fused-ring (bicyclic) bond motifs is 1. The number of nitrogens with one attached hydrogen (secondary N) is 1. The van der Waals surface area contributed by atoms with Crippen LogP contribution in [0.1, 0.15) is 32.3 Å². The van der Waals surface area contributed by atoms with Crippen molar-refractivity contribution in [3.05, 3.63) is 90.6 Å². The molecule has 5 aromatic rings. The van der Waals surface area contributed by atoms with Crippen LogP contribution >= 0.6 is 11.8 Å². The SMILES string of the molecule is CCCCc1ccc(NC(=O)CSc2nnc(-c3cn(S(=O)(=O)c4ccccc4)c4ccccc34)n2CC)cc1. The average molecular weight is 574 g/mol. The first-order valence-electron chi connectivity index (χ1n) is 13.3. The number of rotatable bonds is 11. The van der Waals surface area contributed by atoms with Crippen LogP contribution in [0.15, 0.2) is 95.1 Å². The zero-order valence-corrected chi connectivity index (χ0v) is 24.1. The minimum Gasteiger partial charge on any atom is -0.325 e. The van der Waals surface area contributed by atoms with Crippen LogP contribution in [0.3, 0.4) is 0 Å². The van der Waals surface area contributed by atoms with Crippen molar-refractivity contribution >= 4 is 44.3 Å². The van der Waals surface area contributed by atoms with Crippen LogP contribution in [0.25, 0.3) is 22.3 Å². The number of unbranched alkanes of at least 4 members (excludes halogenated alkanes) is 1. The molecule has 1 amide bonds. The maximum Gasteiger partial charge on any atom is 0.268 e. The van der Waals surface area contributed by atoms with Crippen molar-refractivity contribution in [2.75, 3.05) is 11.1 Å². The highest BCUT2D eigenvalue weighted by Crippen LogP contribution is 2.33. The summed E-state index contributed by atoms with van der Waals surface area (Å²) in [5.74, 6) is 0.579. The number of hydrogen-bond donors (Lipinski definition) is 1. The normalized spacial score (nSPS) is 11.7. The van der Waals surface area contributed by atoms with Crippen molar-refractivity contribution in [3.8, 4) is 11.4 Å². The number of para-hydroxylation sites is 1. The monoisotopic (exact) mass is 573 g/mol. The van der Waals surface area contributed by atoms with E-state index in [1.54, 1.807) is 42.6 Å². The Bertz CT molecular complexity index is 1730. The van der Waals surface area contributed by atoms with Crippen LogP contribution in [-0.4, -0.2) is 38.8 Å². The van der Waals surface area contributed by atoms with E-state index in [0.717, 1.165) is 30.3 Å². The Balaban J connectivity index is 1.38. The molecule has 0 radical (unpaired) electrons. The molecular weight excluding hydrogens is 542 g/mol. The number of carbonyl (C=O) groups excluding carboxylic acids is 1. The minimum absolute atomic E-state index is 0.135. The smallest absolute Gasteiger partial charge is 0.268 e. The molecule has 0 fully saturated rings. The number of aromatic nitrogens is 4. The fourth-order valence-corrected chi connectivity index (χ4v) is 6.77. The molecule has 0 spiro atoms. The van der Waals surface area contributed by atoms with Crippen LogP contribution < -0.4 is 5.32 Å². The van der Waals surface area contributed by atoms with E-state index in [2.05, 4.69) is 22.4 Å². The van der Waals surface area contributed by atoms with Gasteiger partial charge in [0.05, 0.1) is 16.2 Å². The van der Waals surface area contributed by atoms with Gasteiger partial charge in [-0.2, -0.15) is 0 Å². The van der Waals surface area contributed by atoms with Gasteiger partial charge in [-0.15, -0.1) is 10.2 Å². The minimum atomic E-state index is -3.82. The van der Waals surface area contributed by atoms with E-state index in [1.807, 2.05) is 54.0 Å². The van der Waals surface area contributed by atoms with Gasteiger partial charge in [-0.3, -0.25) is 4.79 Å². The van der Waals surface area contributed by atoms with Gasteiger partial charge in [-0.05, 0) is 55.7 Å². The number of aryl methyl sites for hydroxylation is 1. The Hall–Kier alpha value is -3.89. The van der Waals surface area contributed by atoms with Gasteiger partial charge >= 0.3 is 0 Å². The third-order valence-electron chi connectivity index (χ3n) is 6.64. The van der Waals surface area contributed by atoms with E-state index in [1.165, 1.54) is 21.3 Å². The summed E-state index contributed by atoms with van der Waals surface area (Å²) in [6.07, 6.45) is 4.93. The molecule has 8 nitrogen and oxygen atoms in total. The van der Waals surface area contributed by atoms with Gasteiger partial charge < -0.3 is 9.88 Å². The van der Waals surface area contributed by atoms with E-state index in [9.17, 15) is 13.2 Å². The Morgan fingerprint density at radius 3 is 2.38 bits per heavy atom. The first-order valence-corrected chi connectivity index (χ1v) is 15.7. The zero-order valence-electron chi connectivity index (χ0n) is 22.4. The Labute approximate surface area is 238 Å². The number of thioether (sulfide) groups is 1. The molecule has 0 saturated carbocycles. The lowest BCUT2D eigenvalue weighted by atomic mass is 10.1. The van der Waals surface area contributed by atoms with Gasteiger partial charge in [0.1, 0.15) is 0 Å². The highest BCUT2D eigenvalue weighted by molar-refractivity contribution is 7.99. The Morgan fingerprint density at radius 1 is 0.925 bits per heavy atom. The van der Waals surface area contributed by atoms with Gasteiger partial charge in [0.25, 0.3) is 10.0 Å². The zero-order chi connectivity index (χ0) is 28.1. The summed E-state index contributed by atoms with van der Waals surface area (Å²) in [6, 6.07) is 23.7. The lowest BCUT2D eigenvalue weighted by molar-refractivity contribution is -0.113. The van der Waals surface area contributed by atoms with Crippen LogP contribution in [0.5, 0.6) is 0 Å². The second-order valence-corrected chi connectivity index (χ2v) is 12.1. The van der Waals surface area contributed by atoms with Crippen molar-refractivity contribution in [2.24, 2.45) is 0 Å². The molecule has 0 bridgehead atoms. The van der Waals surface area contributed by atoms with Crippen LogP contribution in [0.4, 0.5) is 5.69 Å². The van der Waals surface area contributed by atoms with E-state index in [0.29, 0.717) is 28.6 Å². The molecule has 3 aromatic carbocycles. The van der Waals surface area contributed by atoms with Crippen molar-refractivity contribution in [3.63, 3.8) is 0 Å². The molecule has 5 rings (SSSR count). The molecule has 0 atom stereocenters. The molecule has 206 valence electrons. The molecule has 40 heavy (non-hydrogen) atoms. The third kappa shape index (κ3) is 5.68. The fraction of sp³-hybridized carbons (Fsp3) is 0.233. The number of anilines is 1. The first kappa shape index (κ1) is 27.7. The average Bonchev–Trinajstić information content (AvgIpc) is 3.57. The molecule has 10 heteroatoms. The fourth-order valence-electron chi connectivity index (χ4n) is 4.58. The van der Waals surface area contributed by atoms with Crippen molar-refractivity contribution in [1.82, 2.24) is 18.7 Å². The quantitative estimate of drug-likeness (QED) is 0.188. The van der Waals surface area contributed by atoms with E-state index < -0.39 is 10.0 Å². The molecule has 0 saturated heterocycles. The van der Waals surface area contributed by atoms with E-state index in [4.69, 9.17) is 0 Å². The topological polar surface area (TPSA) is 98.9 Å². The molecule has 2 heterocycles. The molecular formula is C30H31N5O3S2. The first-order chi connectivity index (χ1) is 19.4. The molecule has 1 N–H and O–H groups in total. The molecule has 0 aliphatic rings. The molecule has 0 aliphatic carbocycles.